The molecule has 6 heteroatoms. The molecule has 0 bridgehead atoms. The van der Waals surface area contributed by atoms with Crippen molar-refractivity contribution >= 4 is 17.9 Å². The summed E-state index contributed by atoms with van der Waals surface area (Å²) in [5, 5.41) is 0. The van der Waals surface area contributed by atoms with Gasteiger partial charge < -0.3 is 14.2 Å². The number of rotatable bonds is 64. The first-order valence-electron chi connectivity index (χ1n) is 34.9. The Morgan fingerprint density at radius 2 is 0.487 bits per heavy atom. The molecule has 0 aliphatic rings. The summed E-state index contributed by atoms with van der Waals surface area (Å²) in [6.07, 6.45) is 89.3. The average molecular weight is 1120 g/mol. The monoisotopic (exact) mass is 1120 g/mol. The first kappa shape index (κ1) is 76.9. The minimum absolute atomic E-state index is 0.0819. The summed E-state index contributed by atoms with van der Waals surface area (Å²) in [6.45, 7) is 6.54. The Bertz CT molecular complexity index is 1470. The molecule has 0 fully saturated rings. The predicted molar refractivity (Wildman–Crippen MR) is 348 cm³/mol. The van der Waals surface area contributed by atoms with Crippen LogP contribution in [0, 0.1) is 0 Å². The van der Waals surface area contributed by atoms with Gasteiger partial charge in [0.05, 0.1) is 0 Å². The highest BCUT2D eigenvalue weighted by Gasteiger charge is 2.19. The van der Waals surface area contributed by atoms with Gasteiger partial charge in [0.2, 0.25) is 0 Å². The van der Waals surface area contributed by atoms with Crippen molar-refractivity contribution in [2.75, 3.05) is 13.2 Å². The van der Waals surface area contributed by atoms with E-state index in [2.05, 4.69) is 93.7 Å². The van der Waals surface area contributed by atoms with Crippen LogP contribution in [0.3, 0.4) is 0 Å². The Kier molecular flexibility index (Phi) is 65.7. The summed E-state index contributed by atoms with van der Waals surface area (Å²) < 4.78 is 17.0. The SMILES string of the molecule is CC/C=C\C/C=C\C/C=C\C/C=C\CCCCCCC(=O)OCC(COC(=O)CCCCCCCCCCCCCCCCCCCCCCCCCCCC)OC(=O)CCCCCCCCCCC/C=C\C/C=C\CCCCC. The molecule has 0 aromatic carbocycles. The molecule has 0 saturated carbocycles. The van der Waals surface area contributed by atoms with E-state index in [1.807, 2.05) is 0 Å². The van der Waals surface area contributed by atoms with E-state index in [1.54, 1.807) is 0 Å². The number of hydrogen-bond acceptors (Lipinski definition) is 6. The summed E-state index contributed by atoms with van der Waals surface area (Å²) in [5.41, 5.74) is 0. The number of unbranched alkanes of at least 4 members (excludes halogenated alkanes) is 41. The summed E-state index contributed by atoms with van der Waals surface area (Å²) in [4.78, 5) is 38.4. The Hall–Kier alpha value is -3.15. The first-order chi connectivity index (χ1) is 39.5. The van der Waals surface area contributed by atoms with E-state index in [4.69, 9.17) is 14.2 Å². The van der Waals surface area contributed by atoms with Crippen LogP contribution in [0.2, 0.25) is 0 Å². The highest BCUT2D eigenvalue weighted by molar-refractivity contribution is 5.71. The summed E-state index contributed by atoms with van der Waals surface area (Å²) >= 11 is 0. The van der Waals surface area contributed by atoms with Gasteiger partial charge >= 0.3 is 17.9 Å². The van der Waals surface area contributed by atoms with Crippen LogP contribution in [-0.2, 0) is 28.6 Å². The molecule has 464 valence electrons. The second-order valence-electron chi connectivity index (χ2n) is 23.4. The Labute approximate surface area is 497 Å². The number of carbonyl (C=O) groups is 3. The normalized spacial score (nSPS) is 12.5. The fourth-order valence-corrected chi connectivity index (χ4v) is 10.2. The first-order valence-corrected chi connectivity index (χ1v) is 34.9. The Balaban J connectivity index is 4.31. The molecule has 0 aliphatic heterocycles. The standard InChI is InChI=1S/C74H132O6/c1-4-7-10-13-16-19-22-25-28-31-33-34-35-36-37-38-39-41-43-46-49-52-55-58-61-64-67-73(76)79-70-71(69-78-72(75)66-63-60-57-54-51-48-45-42-30-27-24-21-18-15-12-9-6-3)80-74(77)68-65-62-59-56-53-50-47-44-40-32-29-26-23-20-17-14-11-8-5-2/h9,12,17-18,20-21,26-27,29-30,45,48,71H,4-8,10-11,13-16,19,22-25,28,31-44,46-47,49-70H2,1-3H3/b12-9-,20-17-,21-18-,29-26-,30-27-,48-45-. The molecule has 0 aliphatic carbocycles. The maximum Gasteiger partial charge on any atom is 0.306 e. The van der Waals surface area contributed by atoms with Gasteiger partial charge in [0, 0.05) is 19.3 Å². The van der Waals surface area contributed by atoms with Crippen LogP contribution in [0.15, 0.2) is 72.9 Å². The zero-order valence-electron chi connectivity index (χ0n) is 53.3. The van der Waals surface area contributed by atoms with E-state index in [1.165, 1.54) is 218 Å². The van der Waals surface area contributed by atoms with Crippen molar-refractivity contribution in [2.45, 2.75) is 367 Å². The van der Waals surface area contributed by atoms with Crippen molar-refractivity contribution in [3.63, 3.8) is 0 Å². The molecule has 0 saturated heterocycles. The summed E-state index contributed by atoms with van der Waals surface area (Å²) in [5.74, 6) is -0.890. The fraction of sp³-hybridized carbons (Fsp3) is 0.797. The molecular formula is C74H132O6. The fourth-order valence-electron chi connectivity index (χ4n) is 10.2. The van der Waals surface area contributed by atoms with Gasteiger partial charge in [-0.25, -0.2) is 0 Å². The topological polar surface area (TPSA) is 78.9 Å². The van der Waals surface area contributed by atoms with E-state index in [9.17, 15) is 14.4 Å². The number of allylic oxidation sites excluding steroid dienone is 12. The second kappa shape index (κ2) is 68.3. The second-order valence-corrected chi connectivity index (χ2v) is 23.4. The number of ether oxygens (including phenoxy) is 3. The van der Waals surface area contributed by atoms with Gasteiger partial charge in [-0.2, -0.15) is 0 Å². The molecule has 0 amide bonds. The van der Waals surface area contributed by atoms with E-state index in [-0.39, 0.29) is 31.1 Å². The third-order valence-electron chi connectivity index (χ3n) is 15.4. The average Bonchev–Trinajstić information content (AvgIpc) is 3.46. The van der Waals surface area contributed by atoms with Gasteiger partial charge in [0.1, 0.15) is 13.2 Å². The smallest absolute Gasteiger partial charge is 0.306 e. The maximum absolute atomic E-state index is 12.9. The lowest BCUT2D eigenvalue weighted by Gasteiger charge is -2.18. The van der Waals surface area contributed by atoms with E-state index in [0.717, 1.165) is 103 Å². The minimum Gasteiger partial charge on any atom is -0.462 e. The maximum atomic E-state index is 12.9. The molecule has 80 heavy (non-hydrogen) atoms. The van der Waals surface area contributed by atoms with Crippen molar-refractivity contribution in [3.05, 3.63) is 72.9 Å². The largest absolute Gasteiger partial charge is 0.462 e. The zero-order valence-corrected chi connectivity index (χ0v) is 53.3. The Morgan fingerprint density at radius 1 is 0.263 bits per heavy atom. The number of hydrogen-bond donors (Lipinski definition) is 0. The molecule has 0 radical (unpaired) electrons. The highest BCUT2D eigenvalue weighted by atomic mass is 16.6. The lowest BCUT2D eigenvalue weighted by Crippen LogP contribution is -2.30. The van der Waals surface area contributed by atoms with Crippen molar-refractivity contribution in [1.82, 2.24) is 0 Å². The van der Waals surface area contributed by atoms with Gasteiger partial charge in [-0.05, 0) is 89.9 Å². The van der Waals surface area contributed by atoms with Crippen molar-refractivity contribution < 1.29 is 28.6 Å². The molecule has 0 aromatic rings. The van der Waals surface area contributed by atoms with Gasteiger partial charge in [-0.1, -0.05) is 325 Å². The van der Waals surface area contributed by atoms with Crippen molar-refractivity contribution in [3.8, 4) is 0 Å². The van der Waals surface area contributed by atoms with Gasteiger partial charge in [0.15, 0.2) is 6.10 Å². The lowest BCUT2D eigenvalue weighted by molar-refractivity contribution is -0.167. The molecule has 1 atom stereocenters. The summed E-state index contributed by atoms with van der Waals surface area (Å²) in [7, 11) is 0. The third-order valence-corrected chi connectivity index (χ3v) is 15.4. The molecule has 0 aromatic heterocycles. The van der Waals surface area contributed by atoms with Crippen molar-refractivity contribution in [2.24, 2.45) is 0 Å². The van der Waals surface area contributed by atoms with Crippen molar-refractivity contribution in [1.29, 1.82) is 0 Å². The van der Waals surface area contributed by atoms with Crippen LogP contribution < -0.4 is 0 Å². The zero-order chi connectivity index (χ0) is 57.8. The molecular weight excluding hydrogens is 985 g/mol. The molecule has 0 heterocycles. The number of carbonyl (C=O) groups excluding carboxylic acids is 3. The van der Waals surface area contributed by atoms with Gasteiger partial charge in [-0.15, -0.1) is 0 Å². The van der Waals surface area contributed by atoms with Crippen LogP contribution in [0.4, 0.5) is 0 Å². The number of esters is 3. The Morgan fingerprint density at radius 3 is 0.787 bits per heavy atom. The molecule has 6 nitrogen and oxygen atoms in total. The van der Waals surface area contributed by atoms with Gasteiger partial charge in [0.25, 0.3) is 0 Å². The van der Waals surface area contributed by atoms with Crippen LogP contribution in [0.5, 0.6) is 0 Å². The summed E-state index contributed by atoms with van der Waals surface area (Å²) in [6, 6.07) is 0. The van der Waals surface area contributed by atoms with E-state index >= 15 is 0 Å². The lowest BCUT2D eigenvalue weighted by atomic mass is 10.0. The highest BCUT2D eigenvalue weighted by Crippen LogP contribution is 2.18. The minimum atomic E-state index is -0.789. The van der Waals surface area contributed by atoms with Crippen LogP contribution in [0.1, 0.15) is 361 Å². The molecule has 0 spiro atoms. The molecule has 1 unspecified atom stereocenters. The van der Waals surface area contributed by atoms with E-state index in [0.29, 0.717) is 19.3 Å². The van der Waals surface area contributed by atoms with Gasteiger partial charge in [-0.3, -0.25) is 14.4 Å². The van der Waals surface area contributed by atoms with Crippen LogP contribution in [0.25, 0.3) is 0 Å². The van der Waals surface area contributed by atoms with Crippen LogP contribution >= 0.6 is 0 Å². The molecule has 0 N–H and O–H groups in total. The third kappa shape index (κ3) is 65.7. The van der Waals surface area contributed by atoms with E-state index < -0.39 is 6.10 Å². The predicted octanol–water partition coefficient (Wildman–Crippen LogP) is 24.1. The molecule has 0 rings (SSSR count). The van der Waals surface area contributed by atoms with Crippen LogP contribution in [-0.4, -0.2) is 37.2 Å². The quantitative estimate of drug-likeness (QED) is 0.0261.